The highest BCUT2D eigenvalue weighted by Crippen LogP contribution is 2.38. The lowest BCUT2D eigenvalue weighted by Gasteiger charge is -2.49. The van der Waals surface area contributed by atoms with Crippen LogP contribution in [0, 0.1) is 5.82 Å². The fraction of sp³-hybridized carbons (Fsp3) is 0.400. The van der Waals surface area contributed by atoms with Crippen molar-refractivity contribution in [2.75, 3.05) is 0 Å². The maximum Gasteiger partial charge on any atom is 0.338 e. The molecule has 0 spiro atoms. The van der Waals surface area contributed by atoms with Gasteiger partial charge in [-0.25, -0.2) is 17.6 Å². The Morgan fingerprint density at radius 3 is 2.12 bits per heavy atom. The highest BCUT2D eigenvalue weighted by atomic mass is 32.2. The number of rotatable bonds is 6. The second kappa shape index (κ2) is 9.37. The van der Waals surface area contributed by atoms with E-state index in [2.05, 4.69) is 0 Å². The van der Waals surface area contributed by atoms with E-state index in [4.69, 9.17) is 4.74 Å². The van der Waals surface area contributed by atoms with Crippen LogP contribution in [0.3, 0.4) is 0 Å². The zero-order valence-electron chi connectivity index (χ0n) is 19.2. The summed E-state index contributed by atoms with van der Waals surface area (Å²) in [5.74, 6) is -1.14. The summed E-state index contributed by atoms with van der Waals surface area (Å²) in [7, 11) is -3.54. The second-order valence-corrected chi connectivity index (χ2v) is 11.6. The number of hydroxylamine groups is 2. The Hall–Kier alpha value is -2.55. The maximum atomic E-state index is 13.0. The average Bonchev–Trinajstić information content (AvgIpc) is 2.72. The summed E-state index contributed by atoms with van der Waals surface area (Å²) in [5, 5.41) is 14.6. The summed E-state index contributed by atoms with van der Waals surface area (Å²) in [6.45, 7) is 7.36. The summed E-state index contributed by atoms with van der Waals surface area (Å²) in [5.41, 5.74) is 0.174. The zero-order valence-corrected chi connectivity index (χ0v) is 20.1. The molecule has 0 saturated carbocycles. The molecule has 2 aromatic rings. The number of nitrogens with zero attached hydrogens (tertiary/aromatic N) is 1. The molecule has 0 aromatic heterocycles. The second-order valence-electron chi connectivity index (χ2n) is 9.71. The molecule has 177 valence electrons. The Morgan fingerprint density at radius 1 is 1.03 bits per heavy atom. The molecule has 1 aliphatic heterocycles. The van der Waals surface area contributed by atoms with Crippen molar-refractivity contribution in [3.8, 4) is 0 Å². The topological polar surface area (TPSA) is 83.6 Å². The van der Waals surface area contributed by atoms with Gasteiger partial charge in [-0.1, -0.05) is 24.3 Å². The van der Waals surface area contributed by atoms with Crippen LogP contribution in [0.1, 0.15) is 62.0 Å². The van der Waals surface area contributed by atoms with Crippen LogP contribution in [0.25, 0.3) is 6.08 Å². The van der Waals surface area contributed by atoms with Crippen molar-refractivity contribution in [1.82, 2.24) is 5.06 Å². The van der Waals surface area contributed by atoms with Gasteiger partial charge in [0, 0.05) is 29.3 Å². The van der Waals surface area contributed by atoms with Crippen LogP contribution in [0.15, 0.2) is 53.9 Å². The molecule has 3 rings (SSSR count). The first-order chi connectivity index (χ1) is 15.3. The van der Waals surface area contributed by atoms with Crippen LogP contribution in [-0.2, 0) is 25.5 Å². The van der Waals surface area contributed by atoms with Gasteiger partial charge in [0.15, 0.2) is 9.84 Å². The van der Waals surface area contributed by atoms with Crippen molar-refractivity contribution >= 4 is 21.9 Å². The van der Waals surface area contributed by atoms with Crippen LogP contribution in [-0.4, -0.2) is 36.6 Å². The zero-order chi connectivity index (χ0) is 24.4. The van der Waals surface area contributed by atoms with Gasteiger partial charge >= 0.3 is 5.97 Å². The minimum Gasteiger partial charge on any atom is -0.459 e. The fourth-order valence-corrected chi connectivity index (χ4v) is 5.37. The molecule has 0 aliphatic carbocycles. The normalized spacial score (nSPS) is 19.0. The molecule has 0 bridgehead atoms. The standard InChI is InChI=1S/C25H29FNO5S/c1-24(2)15-22(16-25(3,4)27(24)29)32-23(28)20-9-5-18(6-10-20)13-14-33(30,31)17-19-7-11-21(26)12-8-19/h5-14,22H,15-17H2,1-4H3/b14-13+. The Morgan fingerprint density at radius 2 is 1.58 bits per heavy atom. The molecule has 6 nitrogen and oxygen atoms in total. The molecule has 0 unspecified atom stereocenters. The van der Waals surface area contributed by atoms with Gasteiger partial charge in [0.2, 0.25) is 0 Å². The smallest absolute Gasteiger partial charge is 0.338 e. The van der Waals surface area contributed by atoms with E-state index >= 15 is 0 Å². The van der Waals surface area contributed by atoms with Crippen LogP contribution < -0.4 is 0 Å². The van der Waals surface area contributed by atoms with Crippen LogP contribution in [0.5, 0.6) is 0 Å². The third-order valence-electron chi connectivity index (χ3n) is 5.72. The summed E-state index contributed by atoms with van der Waals surface area (Å²) >= 11 is 0. The Kier molecular flexibility index (Phi) is 7.12. The maximum absolute atomic E-state index is 13.0. The summed E-state index contributed by atoms with van der Waals surface area (Å²) in [6.07, 6.45) is 1.96. The number of esters is 1. The van der Waals surface area contributed by atoms with Gasteiger partial charge in [-0.2, -0.15) is 0 Å². The molecule has 8 heteroatoms. The summed E-state index contributed by atoms with van der Waals surface area (Å²) in [4.78, 5) is 12.6. The van der Waals surface area contributed by atoms with E-state index in [1.54, 1.807) is 24.3 Å². The van der Waals surface area contributed by atoms with E-state index in [0.717, 1.165) is 10.5 Å². The number of hydrogen-bond acceptors (Lipinski definition) is 5. The Balaban J connectivity index is 1.62. The van der Waals surface area contributed by atoms with Gasteiger partial charge in [-0.05, 0) is 69.2 Å². The van der Waals surface area contributed by atoms with Crippen LogP contribution in [0.2, 0.25) is 0 Å². The van der Waals surface area contributed by atoms with Gasteiger partial charge in [0.25, 0.3) is 0 Å². The summed E-state index contributed by atoms with van der Waals surface area (Å²) in [6, 6.07) is 11.7. The Bertz CT molecular complexity index is 1100. The SMILES string of the molecule is CC1(C)CC(OC(=O)c2ccc(/C=C/S(=O)(=O)Cc3ccc(F)cc3)cc2)CC(C)(C)N1[O]. The molecule has 2 aromatic carbocycles. The van der Waals surface area contributed by atoms with Gasteiger partial charge < -0.3 is 4.74 Å². The van der Waals surface area contributed by atoms with Crippen molar-refractivity contribution in [2.45, 2.75) is 63.5 Å². The third-order valence-corrected chi connectivity index (χ3v) is 7.01. The first kappa shape index (κ1) is 25.1. The number of carbonyl (C=O) groups excluding carboxylic acids is 1. The molecule has 33 heavy (non-hydrogen) atoms. The highest BCUT2D eigenvalue weighted by molar-refractivity contribution is 7.93. The number of carbonyl (C=O) groups is 1. The van der Waals surface area contributed by atoms with Crippen LogP contribution >= 0.6 is 0 Å². The fourth-order valence-electron chi connectivity index (χ4n) is 4.25. The van der Waals surface area contributed by atoms with Gasteiger partial charge in [-0.15, -0.1) is 10.3 Å². The van der Waals surface area contributed by atoms with Crippen molar-refractivity contribution < 1.29 is 27.5 Å². The minimum atomic E-state index is -3.54. The van der Waals surface area contributed by atoms with E-state index in [0.29, 0.717) is 29.5 Å². The van der Waals surface area contributed by atoms with E-state index in [1.165, 1.54) is 30.3 Å². The summed E-state index contributed by atoms with van der Waals surface area (Å²) < 4.78 is 43.3. The van der Waals surface area contributed by atoms with Gasteiger partial charge in [0.1, 0.15) is 11.9 Å². The number of benzene rings is 2. The van der Waals surface area contributed by atoms with E-state index < -0.39 is 32.7 Å². The quantitative estimate of drug-likeness (QED) is 0.554. The lowest BCUT2D eigenvalue weighted by atomic mass is 9.80. The average molecular weight is 475 g/mol. The van der Waals surface area contributed by atoms with Gasteiger partial charge in [-0.3, -0.25) is 0 Å². The molecular weight excluding hydrogens is 445 g/mol. The molecule has 1 saturated heterocycles. The van der Waals surface area contributed by atoms with Gasteiger partial charge in [0.05, 0.1) is 11.3 Å². The molecule has 1 heterocycles. The predicted molar refractivity (Wildman–Crippen MR) is 124 cm³/mol. The van der Waals surface area contributed by atoms with Crippen molar-refractivity contribution in [3.05, 3.63) is 76.4 Å². The molecule has 1 aliphatic rings. The number of ether oxygens (including phenoxy) is 1. The molecular formula is C25H29FNO5S. The first-order valence-corrected chi connectivity index (χ1v) is 12.4. The minimum absolute atomic E-state index is 0.233. The lowest BCUT2D eigenvalue weighted by Crippen LogP contribution is -2.60. The van der Waals surface area contributed by atoms with Crippen molar-refractivity contribution in [2.24, 2.45) is 0 Å². The van der Waals surface area contributed by atoms with Crippen LogP contribution in [0.4, 0.5) is 4.39 Å². The molecule has 0 atom stereocenters. The molecule has 1 radical (unpaired) electrons. The molecule has 0 amide bonds. The van der Waals surface area contributed by atoms with E-state index in [9.17, 15) is 22.8 Å². The molecule has 0 N–H and O–H groups in total. The Labute approximate surface area is 194 Å². The predicted octanol–water partition coefficient (Wildman–Crippen LogP) is 4.94. The monoisotopic (exact) mass is 474 g/mol. The van der Waals surface area contributed by atoms with E-state index in [-0.39, 0.29) is 11.9 Å². The largest absolute Gasteiger partial charge is 0.459 e. The van der Waals surface area contributed by atoms with Crippen molar-refractivity contribution in [3.63, 3.8) is 0 Å². The number of piperidine rings is 1. The third kappa shape index (κ3) is 6.50. The number of halogens is 1. The first-order valence-electron chi connectivity index (χ1n) is 10.7. The number of sulfone groups is 1. The molecule has 1 fully saturated rings. The number of hydrogen-bond donors (Lipinski definition) is 0. The highest BCUT2D eigenvalue weighted by Gasteiger charge is 2.47. The van der Waals surface area contributed by atoms with E-state index in [1.807, 2.05) is 27.7 Å². The lowest BCUT2D eigenvalue weighted by molar-refractivity contribution is -0.298. The van der Waals surface area contributed by atoms with Crippen molar-refractivity contribution in [1.29, 1.82) is 0 Å².